The van der Waals surface area contributed by atoms with Crippen molar-refractivity contribution >= 4 is 22.9 Å². The minimum Gasteiger partial charge on any atom is -0.488 e. The van der Waals surface area contributed by atoms with E-state index in [1.807, 2.05) is 18.2 Å². The number of hydrogen-bond donors (Lipinski definition) is 1. The number of para-hydroxylation sites is 1. The average Bonchev–Trinajstić information content (AvgIpc) is 3.32. The van der Waals surface area contributed by atoms with Crippen LogP contribution in [0.25, 0.3) is 0 Å². The summed E-state index contributed by atoms with van der Waals surface area (Å²) in [6.45, 7) is 5.46. The van der Waals surface area contributed by atoms with E-state index < -0.39 is 5.82 Å². The molecule has 6 heteroatoms. The Morgan fingerprint density at radius 3 is 2.24 bits per heavy atom. The number of nitrogens with zero attached hydrogens (tertiary/aromatic N) is 1. The van der Waals surface area contributed by atoms with Gasteiger partial charge in [-0.25, -0.2) is 4.39 Å². The highest BCUT2D eigenvalue weighted by Crippen LogP contribution is 2.28. The van der Waals surface area contributed by atoms with Crippen molar-refractivity contribution in [1.82, 2.24) is 0 Å². The van der Waals surface area contributed by atoms with Crippen LogP contribution in [0.5, 0.6) is 5.75 Å². The van der Waals surface area contributed by atoms with Crippen LogP contribution < -0.4 is 14.6 Å². The van der Waals surface area contributed by atoms with E-state index in [-0.39, 0.29) is 11.7 Å². The number of rotatable bonds is 18. The summed E-state index contributed by atoms with van der Waals surface area (Å²) in [7, 11) is 0. The molecule has 0 unspecified atom stereocenters. The van der Waals surface area contributed by atoms with Gasteiger partial charge in [-0.05, 0) is 30.7 Å². The fourth-order valence-corrected chi connectivity index (χ4v) is 5.37. The van der Waals surface area contributed by atoms with E-state index in [0.717, 1.165) is 18.4 Å². The first-order chi connectivity index (χ1) is 18.6. The lowest BCUT2D eigenvalue weighted by Gasteiger charge is -2.14. The van der Waals surface area contributed by atoms with Crippen LogP contribution in [-0.2, 0) is 6.54 Å². The zero-order valence-corrected chi connectivity index (χ0v) is 24.0. The van der Waals surface area contributed by atoms with Gasteiger partial charge in [0.1, 0.15) is 0 Å². The van der Waals surface area contributed by atoms with E-state index in [2.05, 4.69) is 34.6 Å². The fraction of sp³-hybridized carbons (Fsp3) is 0.500. The lowest BCUT2D eigenvalue weighted by atomic mass is 10.1. The number of anilines is 1. The SMILES string of the molecule is CCCCCCCCCCCCCCOc1c(F)cccc1NC(=O)c1cccc(C[n+]2cscc2C)c1. The summed E-state index contributed by atoms with van der Waals surface area (Å²) in [5, 5.41) is 4.95. The molecule has 1 amide bonds. The molecule has 4 nitrogen and oxygen atoms in total. The van der Waals surface area contributed by atoms with Gasteiger partial charge in [0.25, 0.3) is 5.91 Å². The normalized spacial score (nSPS) is 11.0. The zero-order valence-electron chi connectivity index (χ0n) is 23.1. The number of ether oxygens (including phenoxy) is 1. The number of amides is 1. The molecule has 0 aliphatic heterocycles. The van der Waals surface area contributed by atoms with Crippen LogP contribution in [0.1, 0.15) is 106 Å². The summed E-state index contributed by atoms with van der Waals surface area (Å²) in [5.41, 5.74) is 5.18. The monoisotopic (exact) mass is 539 g/mol. The first kappa shape index (κ1) is 29.8. The Hall–Kier alpha value is -2.73. The third kappa shape index (κ3) is 10.2. The van der Waals surface area contributed by atoms with Crippen molar-refractivity contribution in [2.24, 2.45) is 0 Å². The Balaban J connectivity index is 1.41. The van der Waals surface area contributed by atoms with Crippen molar-refractivity contribution in [3.05, 3.63) is 76.0 Å². The second kappa shape index (κ2) is 17.0. The molecule has 0 saturated carbocycles. The molecular formula is C32H44FN2O2S+. The second-order valence-electron chi connectivity index (χ2n) is 10.1. The number of carbonyl (C=O) groups is 1. The van der Waals surface area contributed by atoms with Crippen LogP contribution in [0.2, 0.25) is 0 Å². The van der Waals surface area contributed by atoms with Crippen molar-refractivity contribution in [1.29, 1.82) is 0 Å². The smallest absolute Gasteiger partial charge is 0.255 e. The highest BCUT2D eigenvalue weighted by Gasteiger charge is 2.15. The standard InChI is InChI=1S/C32H43FN2O2S/c1-3-4-5-6-7-8-9-10-11-12-13-14-21-37-31-29(33)19-16-20-30(31)34-32(36)28-18-15-17-27(22-28)23-35-25-38-24-26(35)2/h15-20,22,24-25H,3-14,21,23H2,1-2H3/p+1. The van der Waals surface area contributed by atoms with Gasteiger partial charge in [0.05, 0.1) is 17.7 Å². The molecule has 0 saturated heterocycles. The van der Waals surface area contributed by atoms with E-state index in [1.165, 1.54) is 76.0 Å². The lowest BCUT2D eigenvalue weighted by Crippen LogP contribution is -2.34. The molecule has 1 heterocycles. The minimum absolute atomic E-state index is 0.115. The fourth-order valence-electron chi connectivity index (χ4n) is 4.59. The summed E-state index contributed by atoms with van der Waals surface area (Å²) < 4.78 is 22.5. The number of aryl methyl sites for hydroxylation is 1. The molecule has 0 bridgehead atoms. The first-order valence-electron chi connectivity index (χ1n) is 14.3. The van der Waals surface area contributed by atoms with Gasteiger partial charge in [-0.1, -0.05) is 107 Å². The maximum atomic E-state index is 14.6. The van der Waals surface area contributed by atoms with Gasteiger partial charge in [0.15, 0.2) is 23.8 Å². The summed E-state index contributed by atoms with van der Waals surface area (Å²) in [6.07, 6.45) is 15.2. The van der Waals surface area contributed by atoms with E-state index in [9.17, 15) is 9.18 Å². The quantitative estimate of drug-likeness (QED) is 0.130. The van der Waals surface area contributed by atoms with E-state index in [0.29, 0.717) is 24.4 Å². The topological polar surface area (TPSA) is 42.2 Å². The molecule has 1 N–H and O–H groups in total. The highest BCUT2D eigenvalue weighted by molar-refractivity contribution is 7.07. The number of halogens is 1. The van der Waals surface area contributed by atoms with Crippen LogP contribution in [0.3, 0.4) is 0 Å². The van der Waals surface area contributed by atoms with Crippen molar-refractivity contribution in [3.63, 3.8) is 0 Å². The number of aromatic nitrogens is 1. The molecule has 3 rings (SSSR count). The van der Waals surface area contributed by atoms with E-state index in [4.69, 9.17) is 4.74 Å². The predicted molar refractivity (Wildman–Crippen MR) is 156 cm³/mol. The van der Waals surface area contributed by atoms with Crippen molar-refractivity contribution < 1.29 is 18.5 Å². The third-order valence-electron chi connectivity index (χ3n) is 6.88. The predicted octanol–water partition coefficient (Wildman–Crippen LogP) is 8.86. The molecule has 2 aromatic carbocycles. The zero-order chi connectivity index (χ0) is 27.0. The van der Waals surface area contributed by atoms with Crippen LogP contribution in [0.4, 0.5) is 10.1 Å². The molecule has 3 aromatic rings. The number of hydrogen-bond acceptors (Lipinski definition) is 3. The lowest BCUT2D eigenvalue weighted by molar-refractivity contribution is -0.689. The van der Waals surface area contributed by atoms with Crippen LogP contribution in [0, 0.1) is 12.7 Å². The average molecular weight is 540 g/mol. The van der Waals surface area contributed by atoms with Gasteiger partial charge in [-0.2, -0.15) is 4.57 Å². The van der Waals surface area contributed by atoms with E-state index >= 15 is 0 Å². The number of unbranched alkanes of at least 4 members (excludes halogenated alkanes) is 11. The second-order valence-corrected chi connectivity index (χ2v) is 10.9. The van der Waals surface area contributed by atoms with Crippen molar-refractivity contribution in [2.75, 3.05) is 11.9 Å². The molecular weight excluding hydrogens is 495 g/mol. The number of nitrogens with one attached hydrogen (secondary N) is 1. The molecule has 206 valence electrons. The molecule has 1 aromatic heterocycles. The maximum absolute atomic E-state index is 14.6. The van der Waals surface area contributed by atoms with E-state index in [1.54, 1.807) is 29.5 Å². The molecule has 0 aliphatic carbocycles. The molecule has 0 radical (unpaired) electrons. The third-order valence-corrected chi connectivity index (χ3v) is 7.73. The summed E-state index contributed by atoms with van der Waals surface area (Å²) >= 11 is 1.65. The molecule has 0 spiro atoms. The van der Waals surface area contributed by atoms with Gasteiger partial charge < -0.3 is 10.1 Å². The largest absolute Gasteiger partial charge is 0.488 e. The van der Waals surface area contributed by atoms with Crippen LogP contribution in [0.15, 0.2) is 53.4 Å². The highest BCUT2D eigenvalue weighted by atomic mass is 32.1. The van der Waals surface area contributed by atoms with Gasteiger partial charge in [0, 0.05) is 18.1 Å². The number of thiazole rings is 1. The van der Waals surface area contributed by atoms with Gasteiger partial charge >= 0.3 is 0 Å². The Morgan fingerprint density at radius 2 is 1.58 bits per heavy atom. The Bertz CT molecular complexity index is 1110. The maximum Gasteiger partial charge on any atom is 0.255 e. The Kier molecular flexibility index (Phi) is 13.3. The van der Waals surface area contributed by atoms with Crippen molar-refractivity contribution in [3.8, 4) is 5.75 Å². The van der Waals surface area contributed by atoms with Crippen molar-refractivity contribution in [2.45, 2.75) is 97.4 Å². The number of benzene rings is 2. The van der Waals surface area contributed by atoms with Crippen LogP contribution >= 0.6 is 11.3 Å². The molecule has 0 atom stereocenters. The minimum atomic E-state index is -0.458. The van der Waals surface area contributed by atoms with Gasteiger partial charge in [-0.15, -0.1) is 0 Å². The van der Waals surface area contributed by atoms with Gasteiger partial charge in [-0.3, -0.25) is 4.79 Å². The summed E-state index contributed by atoms with van der Waals surface area (Å²) in [4.78, 5) is 13.0. The summed E-state index contributed by atoms with van der Waals surface area (Å²) in [5.74, 6) is -0.621. The molecule has 0 fully saturated rings. The molecule has 0 aliphatic rings. The first-order valence-corrected chi connectivity index (χ1v) is 15.3. The van der Waals surface area contributed by atoms with Gasteiger partial charge in [0.2, 0.25) is 5.51 Å². The van der Waals surface area contributed by atoms with Crippen LogP contribution in [-0.4, -0.2) is 12.5 Å². The molecule has 38 heavy (non-hydrogen) atoms. The Labute approximate surface area is 232 Å². The Morgan fingerprint density at radius 1 is 0.921 bits per heavy atom. The number of carbonyl (C=O) groups excluding carboxylic acids is 1. The summed E-state index contributed by atoms with van der Waals surface area (Å²) in [6, 6.07) is 12.2.